The molecular weight excluding hydrogens is 518 g/mol. The molecule has 0 spiro atoms. The lowest BCUT2D eigenvalue weighted by molar-refractivity contribution is -0.0198. The van der Waals surface area contributed by atoms with Gasteiger partial charge in [0.05, 0.1) is 22.6 Å². The number of nitrogen functional groups attached to an aromatic ring is 1. The highest BCUT2D eigenvalue weighted by Crippen LogP contribution is 2.45. The van der Waals surface area contributed by atoms with Gasteiger partial charge in [-0.05, 0) is 74.3 Å². The van der Waals surface area contributed by atoms with Gasteiger partial charge in [0, 0.05) is 24.3 Å². The maximum Gasteiger partial charge on any atom is 0.261 e. The fourth-order valence-corrected chi connectivity index (χ4v) is 7.20. The molecule has 8 rings (SSSR count). The molecule has 3 fully saturated rings. The van der Waals surface area contributed by atoms with E-state index in [4.69, 9.17) is 15.2 Å². The normalized spacial score (nSPS) is 26.5. The molecule has 2 saturated heterocycles. The van der Waals surface area contributed by atoms with Gasteiger partial charge in [0.25, 0.3) is 11.8 Å². The third-order valence-electron chi connectivity index (χ3n) is 9.47. The van der Waals surface area contributed by atoms with Gasteiger partial charge in [0.2, 0.25) is 0 Å². The van der Waals surface area contributed by atoms with E-state index in [1.807, 2.05) is 12.1 Å². The van der Waals surface area contributed by atoms with Crippen molar-refractivity contribution in [3.05, 3.63) is 72.2 Å². The fraction of sp³-hybridized carbons (Fsp3) is 0.375. The average molecular weight is 550 g/mol. The van der Waals surface area contributed by atoms with E-state index in [0.29, 0.717) is 36.2 Å². The fourth-order valence-electron chi connectivity index (χ4n) is 7.20. The lowest BCUT2D eigenvalue weighted by Gasteiger charge is -2.38. The summed E-state index contributed by atoms with van der Waals surface area (Å²) in [5, 5.41) is 0.824. The molecule has 41 heavy (non-hydrogen) atoms. The Hall–Kier alpha value is -4.24. The van der Waals surface area contributed by atoms with Gasteiger partial charge in [-0.1, -0.05) is 24.3 Å². The molecule has 3 aliphatic heterocycles. The van der Waals surface area contributed by atoms with Gasteiger partial charge >= 0.3 is 0 Å². The van der Waals surface area contributed by atoms with Crippen molar-refractivity contribution in [3.63, 3.8) is 0 Å². The largest absolute Gasteiger partial charge is 0.491 e. The first-order valence-electron chi connectivity index (χ1n) is 14.5. The third kappa shape index (κ3) is 3.94. The third-order valence-corrected chi connectivity index (χ3v) is 9.47. The first kappa shape index (κ1) is 24.5. The SMILES string of the molecule is Nc1ncnc2c1c(-c1cccc(OCC34CCC(CC3)O4)c1)cn2[C@H]1C[C@H](CN2C(=O)c3ccccc3C2=O)C1. The van der Waals surface area contributed by atoms with Gasteiger partial charge in [-0.15, -0.1) is 0 Å². The Morgan fingerprint density at radius 2 is 1.73 bits per heavy atom. The molecule has 0 radical (unpaired) electrons. The molecule has 4 aromatic rings. The molecule has 2 N–H and O–H groups in total. The Kier molecular flexibility index (Phi) is 5.47. The number of fused-ring (bicyclic) bond motifs is 4. The number of carbonyl (C=O) groups is 2. The van der Waals surface area contributed by atoms with Gasteiger partial charge in [-0.25, -0.2) is 9.97 Å². The quantitative estimate of drug-likeness (QED) is 0.322. The van der Waals surface area contributed by atoms with Crippen LogP contribution in [0.5, 0.6) is 5.75 Å². The van der Waals surface area contributed by atoms with Crippen LogP contribution in [0, 0.1) is 5.92 Å². The van der Waals surface area contributed by atoms with Gasteiger partial charge < -0.3 is 19.8 Å². The van der Waals surface area contributed by atoms with E-state index in [0.717, 1.165) is 66.4 Å². The summed E-state index contributed by atoms with van der Waals surface area (Å²) in [6, 6.07) is 15.3. The number of benzene rings is 2. The molecule has 2 bridgehead atoms. The van der Waals surface area contributed by atoms with E-state index in [-0.39, 0.29) is 29.4 Å². The molecular formula is C32H31N5O4. The van der Waals surface area contributed by atoms with Gasteiger partial charge in [-0.3, -0.25) is 14.5 Å². The number of rotatable bonds is 7. The van der Waals surface area contributed by atoms with Crippen LogP contribution in [0.4, 0.5) is 5.82 Å². The molecule has 5 heterocycles. The molecule has 4 aliphatic rings. The molecule has 1 aliphatic carbocycles. The second-order valence-corrected chi connectivity index (χ2v) is 12.0. The Labute approximate surface area is 237 Å². The van der Waals surface area contributed by atoms with E-state index in [1.165, 1.54) is 11.2 Å². The second kappa shape index (κ2) is 9.14. The van der Waals surface area contributed by atoms with Crippen LogP contribution in [0.3, 0.4) is 0 Å². The maximum atomic E-state index is 12.8. The zero-order valence-corrected chi connectivity index (χ0v) is 22.7. The highest BCUT2D eigenvalue weighted by atomic mass is 16.6. The van der Waals surface area contributed by atoms with Crippen molar-refractivity contribution in [2.45, 2.75) is 56.3 Å². The van der Waals surface area contributed by atoms with Crippen LogP contribution in [0.15, 0.2) is 61.1 Å². The van der Waals surface area contributed by atoms with Crippen LogP contribution in [0.1, 0.15) is 65.3 Å². The minimum Gasteiger partial charge on any atom is -0.491 e. The van der Waals surface area contributed by atoms with Gasteiger partial charge in [-0.2, -0.15) is 0 Å². The Balaban J connectivity index is 1.02. The maximum absolute atomic E-state index is 12.8. The predicted molar refractivity (Wildman–Crippen MR) is 153 cm³/mol. The highest BCUT2D eigenvalue weighted by Gasteiger charge is 2.47. The van der Waals surface area contributed by atoms with Crippen LogP contribution < -0.4 is 10.5 Å². The van der Waals surface area contributed by atoms with Gasteiger partial charge in [0.1, 0.15) is 35.7 Å². The topological polar surface area (TPSA) is 113 Å². The standard InChI is InChI=1S/C32H31N5O4/c33-28-27-26(20-4-3-5-23(14-20)40-17-32-10-8-22(41-32)9-11-32)16-36(29(27)35-18-34-28)21-12-19(13-21)15-37-30(38)24-6-1-2-7-25(24)31(37)39/h1-7,14,16,18-19,21-22H,8-13,15,17H2,(H2,33,34,35)/t19-,21-,22?,32?. The number of imide groups is 1. The first-order chi connectivity index (χ1) is 20.0. The zero-order valence-electron chi connectivity index (χ0n) is 22.7. The molecule has 1 saturated carbocycles. The Bertz CT molecular complexity index is 1660. The van der Waals surface area contributed by atoms with Crippen molar-refractivity contribution < 1.29 is 19.1 Å². The zero-order chi connectivity index (χ0) is 27.7. The summed E-state index contributed by atoms with van der Waals surface area (Å²) in [5.41, 5.74) is 10.00. The van der Waals surface area contributed by atoms with E-state index in [2.05, 4.69) is 32.9 Å². The summed E-state index contributed by atoms with van der Waals surface area (Å²) in [5.74, 6) is 1.07. The number of aromatic nitrogens is 3. The van der Waals surface area contributed by atoms with Crippen LogP contribution in [0.2, 0.25) is 0 Å². The van der Waals surface area contributed by atoms with Crippen LogP contribution in [0.25, 0.3) is 22.2 Å². The average Bonchev–Trinajstić information content (AvgIpc) is 3.73. The van der Waals surface area contributed by atoms with Crippen molar-refractivity contribution >= 4 is 28.7 Å². The second-order valence-electron chi connectivity index (χ2n) is 12.0. The summed E-state index contributed by atoms with van der Waals surface area (Å²) in [7, 11) is 0. The van der Waals surface area contributed by atoms with Crippen molar-refractivity contribution in [2.24, 2.45) is 5.92 Å². The van der Waals surface area contributed by atoms with Gasteiger partial charge in [0.15, 0.2) is 0 Å². The number of carbonyl (C=O) groups excluding carboxylic acids is 2. The molecule has 2 aromatic heterocycles. The number of nitrogens with two attached hydrogens (primary N) is 1. The number of anilines is 1. The van der Waals surface area contributed by atoms with Crippen LogP contribution >= 0.6 is 0 Å². The van der Waals surface area contributed by atoms with Crippen molar-refractivity contribution in [1.82, 2.24) is 19.4 Å². The summed E-state index contributed by atoms with van der Waals surface area (Å²) in [6.45, 7) is 0.994. The van der Waals surface area contributed by atoms with Crippen LogP contribution in [-0.2, 0) is 4.74 Å². The minimum absolute atomic E-state index is 0.136. The minimum atomic E-state index is -0.197. The molecule has 2 aromatic carbocycles. The van der Waals surface area contributed by atoms with Crippen molar-refractivity contribution in [2.75, 3.05) is 18.9 Å². The Morgan fingerprint density at radius 3 is 2.44 bits per heavy atom. The summed E-state index contributed by atoms with van der Waals surface area (Å²) < 4.78 is 14.6. The van der Waals surface area contributed by atoms with E-state index in [1.54, 1.807) is 24.3 Å². The lowest BCUT2D eigenvalue weighted by Crippen LogP contribution is -2.40. The molecule has 9 nitrogen and oxygen atoms in total. The highest BCUT2D eigenvalue weighted by molar-refractivity contribution is 6.21. The first-order valence-corrected chi connectivity index (χ1v) is 14.5. The smallest absolute Gasteiger partial charge is 0.261 e. The van der Waals surface area contributed by atoms with E-state index < -0.39 is 0 Å². The van der Waals surface area contributed by atoms with E-state index >= 15 is 0 Å². The number of amides is 2. The van der Waals surface area contributed by atoms with Crippen molar-refractivity contribution in [3.8, 4) is 16.9 Å². The number of nitrogens with zero attached hydrogens (tertiary/aromatic N) is 4. The number of hydrogen-bond acceptors (Lipinski definition) is 7. The van der Waals surface area contributed by atoms with Crippen LogP contribution in [-0.4, -0.2) is 56.1 Å². The van der Waals surface area contributed by atoms with Crippen molar-refractivity contribution in [1.29, 1.82) is 0 Å². The van der Waals surface area contributed by atoms with E-state index in [9.17, 15) is 9.59 Å². The molecule has 9 heteroatoms. The lowest BCUT2D eigenvalue weighted by atomic mass is 9.79. The number of hydrogen-bond donors (Lipinski definition) is 1. The molecule has 0 atom stereocenters. The summed E-state index contributed by atoms with van der Waals surface area (Å²) in [4.78, 5) is 36.0. The monoisotopic (exact) mass is 549 g/mol. The molecule has 2 amide bonds. The molecule has 0 unspecified atom stereocenters. The summed E-state index contributed by atoms with van der Waals surface area (Å²) in [6.07, 6.45) is 10.1. The predicted octanol–water partition coefficient (Wildman–Crippen LogP) is 5.02. The molecule has 208 valence electrons. The summed E-state index contributed by atoms with van der Waals surface area (Å²) >= 11 is 0. The Morgan fingerprint density at radius 1 is 0.976 bits per heavy atom. The number of ether oxygens (including phenoxy) is 2.